The standard InChI is InChI=1S/C18H23N5OS/c1-3-14-8-19-17(20-9-14)22-6-5-18(12-22)13-23(15-4-7-25-11-15)16(24)10-21(18)2/h4,7-9,11H,3,5-6,10,12-13H2,1-2H3. The SMILES string of the molecule is CCc1cnc(N2CCC3(C2)CN(c2ccsc2)C(=O)CN3C)nc1. The van der Waals surface area contributed by atoms with Crippen molar-refractivity contribution in [2.45, 2.75) is 25.3 Å². The van der Waals surface area contributed by atoms with Gasteiger partial charge >= 0.3 is 0 Å². The number of hydrogen-bond acceptors (Lipinski definition) is 6. The fourth-order valence-corrected chi connectivity index (χ4v) is 4.41. The van der Waals surface area contributed by atoms with Crippen molar-refractivity contribution in [2.75, 3.05) is 43.0 Å². The first-order valence-electron chi connectivity index (χ1n) is 8.71. The van der Waals surface area contributed by atoms with E-state index < -0.39 is 0 Å². The summed E-state index contributed by atoms with van der Waals surface area (Å²) in [7, 11) is 2.06. The van der Waals surface area contributed by atoms with Crippen molar-refractivity contribution in [2.24, 2.45) is 0 Å². The maximum Gasteiger partial charge on any atom is 0.241 e. The van der Waals surface area contributed by atoms with E-state index in [0.29, 0.717) is 6.54 Å². The van der Waals surface area contributed by atoms with Gasteiger partial charge in [-0.3, -0.25) is 9.69 Å². The molecule has 2 aromatic rings. The number of aromatic nitrogens is 2. The first-order valence-corrected chi connectivity index (χ1v) is 9.65. The zero-order valence-corrected chi connectivity index (χ0v) is 15.5. The molecule has 0 bridgehead atoms. The number of rotatable bonds is 3. The van der Waals surface area contributed by atoms with Crippen molar-refractivity contribution in [3.63, 3.8) is 0 Å². The van der Waals surface area contributed by atoms with Gasteiger partial charge in [0.1, 0.15) is 0 Å². The van der Waals surface area contributed by atoms with Crippen molar-refractivity contribution < 1.29 is 4.79 Å². The molecule has 1 atom stereocenters. The molecule has 2 aliphatic rings. The molecule has 1 spiro atoms. The Morgan fingerprint density at radius 3 is 2.76 bits per heavy atom. The molecule has 0 N–H and O–H groups in total. The van der Waals surface area contributed by atoms with Gasteiger partial charge in [-0.1, -0.05) is 6.92 Å². The number of aryl methyl sites for hydroxylation is 1. The van der Waals surface area contributed by atoms with E-state index in [4.69, 9.17) is 0 Å². The van der Waals surface area contributed by atoms with Crippen LogP contribution in [0, 0.1) is 0 Å². The molecule has 4 heterocycles. The van der Waals surface area contributed by atoms with Crippen LogP contribution in [0.25, 0.3) is 0 Å². The van der Waals surface area contributed by atoms with Crippen LogP contribution in [-0.4, -0.2) is 59.5 Å². The lowest BCUT2D eigenvalue weighted by Crippen LogP contribution is -2.64. The smallest absolute Gasteiger partial charge is 0.241 e. The highest BCUT2D eigenvalue weighted by Crippen LogP contribution is 2.35. The van der Waals surface area contributed by atoms with Crippen molar-refractivity contribution in [1.82, 2.24) is 14.9 Å². The summed E-state index contributed by atoms with van der Waals surface area (Å²) in [4.78, 5) is 28.0. The van der Waals surface area contributed by atoms with Crippen LogP contribution in [0.2, 0.25) is 0 Å². The Hall–Kier alpha value is -1.99. The molecular weight excluding hydrogens is 334 g/mol. The second-order valence-corrected chi connectivity index (χ2v) is 7.74. The Morgan fingerprint density at radius 1 is 1.28 bits per heavy atom. The molecule has 0 aliphatic carbocycles. The number of carbonyl (C=O) groups is 1. The van der Waals surface area contributed by atoms with Crippen LogP contribution in [-0.2, 0) is 11.2 Å². The Bertz CT molecular complexity index is 747. The third-order valence-electron chi connectivity index (χ3n) is 5.47. The molecule has 132 valence electrons. The van der Waals surface area contributed by atoms with Crippen LogP contribution < -0.4 is 9.80 Å². The average Bonchev–Trinajstić information content (AvgIpc) is 3.29. The van der Waals surface area contributed by atoms with E-state index in [0.717, 1.165) is 49.7 Å². The number of piperazine rings is 1. The molecule has 2 aliphatic heterocycles. The lowest BCUT2D eigenvalue weighted by atomic mass is 9.93. The van der Waals surface area contributed by atoms with E-state index in [1.54, 1.807) is 11.3 Å². The highest BCUT2D eigenvalue weighted by atomic mass is 32.1. The molecule has 0 radical (unpaired) electrons. The van der Waals surface area contributed by atoms with E-state index in [9.17, 15) is 4.79 Å². The number of amides is 1. The summed E-state index contributed by atoms with van der Waals surface area (Å²) in [5, 5.41) is 4.08. The van der Waals surface area contributed by atoms with Gasteiger partial charge in [-0.25, -0.2) is 9.97 Å². The highest BCUT2D eigenvalue weighted by molar-refractivity contribution is 7.08. The summed E-state index contributed by atoms with van der Waals surface area (Å²) in [6, 6.07) is 2.03. The first-order chi connectivity index (χ1) is 12.1. The number of hydrogen-bond donors (Lipinski definition) is 0. The Kier molecular flexibility index (Phi) is 4.21. The summed E-state index contributed by atoms with van der Waals surface area (Å²) in [5.74, 6) is 0.968. The zero-order valence-electron chi connectivity index (χ0n) is 14.7. The molecule has 6 nitrogen and oxygen atoms in total. The van der Waals surface area contributed by atoms with Gasteiger partial charge in [0.15, 0.2) is 0 Å². The van der Waals surface area contributed by atoms with Crippen LogP contribution in [0.1, 0.15) is 18.9 Å². The van der Waals surface area contributed by atoms with Crippen molar-refractivity contribution >= 4 is 28.9 Å². The molecule has 1 unspecified atom stereocenters. The van der Waals surface area contributed by atoms with Crippen molar-refractivity contribution in [1.29, 1.82) is 0 Å². The molecule has 4 rings (SSSR count). The number of nitrogens with zero attached hydrogens (tertiary/aromatic N) is 5. The summed E-state index contributed by atoms with van der Waals surface area (Å²) in [6.07, 6.45) is 5.79. The Balaban J connectivity index is 1.55. The largest absolute Gasteiger partial charge is 0.339 e. The second-order valence-electron chi connectivity index (χ2n) is 6.96. The lowest BCUT2D eigenvalue weighted by molar-refractivity contribution is -0.123. The Morgan fingerprint density at radius 2 is 2.08 bits per heavy atom. The third kappa shape index (κ3) is 2.91. The molecular formula is C18H23N5OS. The summed E-state index contributed by atoms with van der Waals surface area (Å²) in [5.41, 5.74) is 2.13. The minimum absolute atomic E-state index is 0.0391. The van der Waals surface area contributed by atoms with Crippen LogP contribution >= 0.6 is 11.3 Å². The lowest BCUT2D eigenvalue weighted by Gasteiger charge is -2.46. The van der Waals surface area contributed by atoms with Crippen molar-refractivity contribution in [3.8, 4) is 0 Å². The summed E-state index contributed by atoms with van der Waals surface area (Å²) < 4.78 is 0. The van der Waals surface area contributed by atoms with E-state index in [1.165, 1.54) is 0 Å². The minimum atomic E-state index is -0.0391. The monoisotopic (exact) mass is 357 g/mol. The highest BCUT2D eigenvalue weighted by Gasteiger charge is 2.48. The summed E-state index contributed by atoms with van der Waals surface area (Å²) >= 11 is 1.63. The quantitative estimate of drug-likeness (QED) is 0.841. The van der Waals surface area contributed by atoms with Crippen LogP contribution in [0.15, 0.2) is 29.2 Å². The van der Waals surface area contributed by atoms with Gasteiger partial charge in [-0.15, -0.1) is 0 Å². The Labute approximate surface area is 152 Å². The maximum absolute atomic E-state index is 12.5. The summed E-state index contributed by atoms with van der Waals surface area (Å²) in [6.45, 7) is 5.06. The fourth-order valence-electron chi connectivity index (χ4n) is 3.77. The third-order valence-corrected chi connectivity index (χ3v) is 6.14. The van der Waals surface area contributed by atoms with Gasteiger partial charge in [-0.2, -0.15) is 11.3 Å². The predicted molar refractivity (Wildman–Crippen MR) is 100 cm³/mol. The molecule has 1 amide bonds. The molecule has 0 saturated carbocycles. The molecule has 2 aromatic heterocycles. The number of likely N-dealkylation sites (N-methyl/N-ethyl adjacent to an activating group) is 1. The van der Waals surface area contributed by atoms with Crippen LogP contribution in [0.5, 0.6) is 0 Å². The van der Waals surface area contributed by atoms with Crippen LogP contribution in [0.4, 0.5) is 11.6 Å². The average molecular weight is 357 g/mol. The minimum Gasteiger partial charge on any atom is -0.339 e. The van der Waals surface area contributed by atoms with E-state index in [2.05, 4.69) is 39.1 Å². The number of thiophene rings is 1. The van der Waals surface area contributed by atoms with Crippen LogP contribution in [0.3, 0.4) is 0 Å². The molecule has 0 aromatic carbocycles. The fraction of sp³-hybridized carbons (Fsp3) is 0.500. The predicted octanol–water partition coefficient (Wildman–Crippen LogP) is 2.03. The van der Waals surface area contributed by atoms with Gasteiger partial charge in [0.05, 0.1) is 17.8 Å². The zero-order chi connectivity index (χ0) is 17.4. The van der Waals surface area contributed by atoms with Gasteiger partial charge in [-0.05, 0) is 36.9 Å². The first kappa shape index (κ1) is 16.5. The topological polar surface area (TPSA) is 52.6 Å². The normalized spacial score (nSPS) is 24.5. The van der Waals surface area contributed by atoms with Crippen molar-refractivity contribution in [3.05, 3.63) is 34.8 Å². The molecule has 2 saturated heterocycles. The molecule has 25 heavy (non-hydrogen) atoms. The number of anilines is 2. The van der Waals surface area contributed by atoms with Gasteiger partial charge < -0.3 is 9.80 Å². The maximum atomic E-state index is 12.5. The second kappa shape index (κ2) is 6.38. The van der Waals surface area contributed by atoms with Gasteiger partial charge in [0, 0.05) is 37.4 Å². The van der Waals surface area contributed by atoms with E-state index in [1.807, 2.05) is 28.7 Å². The van der Waals surface area contributed by atoms with E-state index >= 15 is 0 Å². The molecule has 7 heteroatoms. The van der Waals surface area contributed by atoms with Gasteiger partial charge in [0.2, 0.25) is 11.9 Å². The number of carbonyl (C=O) groups excluding carboxylic acids is 1. The van der Waals surface area contributed by atoms with E-state index in [-0.39, 0.29) is 11.4 Å². The molecule has 2 fully saturated rings. The van der Waals surface area contributed by atoms with Gasteiger partial charge in [0.25, 0.3) is 0 Å².